The van der Waals surface area contributed by atoms with Crippen molar-refractivity contribution in [2.45, 2.75) is 42.9 Å². The molecule has 0 aromatic rings. The second kappa shape index (κ2) is 8.67. The van der Waals surface area contributed by atoms with E-state index in [9.17, 15) is 9.59 Å². The third-order valence-corrected chi connectivity index (χ3v) is 5.80. The highest BCUT2D eigenvalue weighted by molar-refractivity contribution is 8.00. The molecule has 0 aromatic heterocycles. The van der Waals surface area contributed by atoms with Gasteiger partial charge in [-0.05, 0) is 37.5 Å². The molecule has 1 rings (SSSR count). The van der Waals surface area contributed by atoms with Crippen molar-refractivity contribution in [3.8, 4) is 0 Å². The van der Waals surface area contributed by atoms with E-state index in [1.165, 1.54) is 12.8 Å². The van der Waals surface area contributed by atoms with Gasteiger partial charge in [-0.25, -0.2) is 9.59 Å². The number of amides is 2. The molecule has 116 valence electrons. The highest BCUT2D eigenvalue weighted by Crippen LogP contribution is 2.39. The zero-order chi connectivity index (χ0) is 15.0. The van der Waals surface area contributed by atoms with Crippen LogP contribution < -0.4 is 10.6 Å². The summed E-state index contributed by atoms with van der Waals surface area (Å²) in [5.41, 5.74) is 0. The van der Waals surface area contributed by atoms with E-state index in [4.69, 9.17) is 5.11 Å². The molecule has 0 heterocycles. The maximum Gasteiger partial charge on any atom is 0.326 e. The molecule has 1 aliphatic carbocycles. The maximum atomic E-state index is 11.8. The zero-order valence-electron chi connectivity index (χ0n) is 12.1. The molecule has 2 amide bonds. The number of urea groups is 1. The highest BCUT2D eigenvalue weighted by Gasteiger charge is 2.33. The number of carboxylic acids is 1. The number of thioether (sulfide) groups is 2. The summed E-state index contributed by atoms with van der Waals surface area (Å²) < 4.78 is 0.134. The first-order valence-electron chi connectivity index (χ1n) is 6.84. The third kappa shape index (κ3) is 5.44. The van der Waals surface area contributed by atoms with Crippen LogP contribution in [0.3, 0.4) is 0 Å². The van der Waals surface area contributed by atoms with Gasteiger partial charge in [0.15, 0.2) is 0 Å². The average Bonchev–Trinajstić information content (AvgIpc) is 2.90. The number of carboxylic acid groups (broad SMARTS) is 1. The summed E-state index contributed by atoms with van der Waals surface area (Å²) in [4.78, 5) is 22.9. The van der Waals surface area contributed by atoms with Gasteiger partial charge in [0.25, 0.3) is 0 Å². The molecular formula is C13H24N2O3S2. The SMILES string of the molecule is CSCC[C@H](NC(=O)NCC1(SC)CCCC1)C(=O)O. The summed E-state index contributed by atoms with van der Waals surface area (Å²) >= 11 is 3.37. The first-order chi connectivity index (χ1) is 9.53. The molecule has 1 saturated carbocycles. The van der Waals surface area contributed by atoms with Crippen molar-refractivity contribution in [1.29, 1.82) is 0 Å². The molecule has 0 unspecified atom stereocenters. The van der Waals surface area contributed by atoms with E-state index < -0.39 is 12.0 Å². The van der Waals surface area contributed by atoms with Gasteiger partial charge in [0, 0.05) is 11.3 Å². The van der Waals surface area contributed by atoms with Crippen molar-refractivity contribution >= 4 is 35.5 Å². The Kier molecular flexibility index (Phi) is 7.58. The van der Waals surface area contributed by atoms with Crippen LogP contribution in [0.5, 0.6) is 0 Å². The lowest BCUT2D eigenvalue weighted by Gasteiger charge is -2.27. The van der Waals surface area contributed by atoms with E-state index in [0.717, 1.165) is 12.8 Å². The van der Waals surface area contributed by atoms with E-state index in [1.54, 1.807) is 23.5 Å². The fourth-order valence-electron chi connectivity index (χ4n) is 2.42. The van der Waals surface area contributed by atoms with Gasteiger partial charge in [0.05, 0.1) is 0 Å². The van der Waals surface area contributed by atoms with Crippen LogP contribution in [-0.2, 0) is 4.79 Å². The number of rotatable bonds is 8. The van der Waals surface area contributed by atoms with Gasteiger partial charge in [0.2, 0.25) is 0 Å². The Morgan fingerprint density at radius 1 is 1.30 bits per heavy atom. The van der Waals surface area contributed by atoms with Gasteiger partial charge in [-0.3, -0.25) is 0 Å². The van der Waals surface area contributed by atoms with Gasteiger partial charge in [-0.1, -0.05) is 12.8 Å². The Morgan fingerprint density at radius 3 is 2.45 bits per heavy atom. The maximum absolute atomic E-state index is 11.8. The van der Waals surface area contributed by atoms with Crippen molar-refractivity contribution in [3.63, 3.8) is 0 Å². The monoisotopic (exact) mass is 320 g/mol. The summed E-state index contributed by atoms with van der Waals surface area (Å²) in [6.07, 6.45) is 9.07. The molecule has 1 atom stereocenters. The van der Waals surface area contributed by atoms with Crippen LogP contribution in [0.25, 0.3) is 0 Å². The molecule has 0 saturated heterocycles. The van der Waals surface area contributed by atoms with Crippen molar-refractivity contribution in [2.24, 2.45) is 0 Å². The van der Waals surface area contributed by atoms with E-state index in [-0.39, 0.29) is 10.8 Å². The lowest BCUT2D eigenvalue weighted by molar-refractivity contribution is -0.139. The van der Waals surface area contributed by atoms with Gasteiger partial charge in [-0.2, -0.15) is 23.5 Å². The quantitative estimate of drug-likeness (QED) is 0.639. The van der Waals surface area contributed by atoms with Crippen LogP contribution in [-0.4, -0.2) is 52.7 Å². The molecule has 20 heavy (non-hydrogen) atoms. The lowest BCUT2D eigenvalue weighted by atomic mass is 10.1. The first-order valence-corrected chi connectivity index (χ1v) is 9.46. The van der Waals surface area contributed by atoms with Crippen LogP contribution in [0.2, 0.25) is 0 Å². The fourth-order valence-corrected chi connectivity index (χ4v) is 3.80. The van der Waals surface area contributed by atoms with Crippen LogP contribution >= 0.6 is 23.5 Å². The molecule has 0 radical (unpaired) electrons. The normalized spacial score (nSPS) is 18.5. The summed E-state index contributed by atoms with van der Waals surface area (Å²) in [6, 6.07) is -1.19. The minimum Gasteiger partial charge on any atom is -0.480 e. The number of aliphatic carboxylic acids is 1. The Balaban J connectivity index is 2.39. The Morgan fingerprint density at radius 2 is 1.95 bits per heavy atom. The van der Waals surface area contributed by atoms with Gasteiger partial charge in [-0.15, -0.1) is 0 Å². The summed E-state index contributed by atoms with van der Waals surface area (Å²) in [6.45, 7) is 0.606. The standard InChI is InChI=1S/C13H24N2O3S2/c1-19-8-5-10(11(16)17)15-12(18)14-9-13(20-2)6-3-4-7-13/h10H,3-9H2,1-2H3,(H,16,17)(H2,14,15,18)/t10-/m0/s1. The number of hydrogen-bond donors (Lipinski definition) is 3. The second-order valence-electron chi connectivity index (χ2n) is 5.09. The Hall–Kier alpha value is -0.560. The second-order valence-corrected chi connectivity index (χ2v) is 7.35. The summed E-state index contributed by atoms with van der Waals surface area (Å²) in [5.74, 6) is -0.263. The van der Waals surface area contributed by atoms with Crippen LogP contribution in [0.4, 0.5) is 4.79 Å². The minimum atomic E-state index is -0.977. The molecule has 1 aliphatic rings. The Bertz CT molecular complexity index is 334. The predicted molar refractivity (Wildman–Crippen MR) is 85.7 cm³/mol. The third-order valence-electron chi connectivity index (χ3n) is 3.73. The van der Waals surface area contributed by atoms with E-state index in [0.29, 0.717) is 18.7 Å². The topological polar surface area (TPSA) is 78.4 Å². The van der Waals surface area contributed by atoms with Crippen LogP contribution in [0, 0.1) is 0 Å². The molecule has 0 aliphatic heterocycles. The van der Waals surface area contributed by atoms with Gasteiger partial charge >= 0.3 is 12.0 Å². The molecule has 0 bridgehead atoms. The molecule has 3 N–H and O–H groups in total. The number of carbonyl (C=O) groups excluding carboxylic acids is 1. The number of hydrogen-bond acceptors (Lipinski definition) is 4. The molecule has 7 heteroatoms. The van der Waals surface area contributed by atoms with E-state index >= 15 is 0 Å². The van der Waals surface area contributed by atoms with E-state index in [1.807, 2.05) is 6.26 Å². The first kappa shape index (κ1) is 17.5. The molecule has 1 fully saturated rings. The van der Waals surface area contributed by atoms with E-state index in [2.05, 4.69) is 16.9 Å². The summed E-state index contributed by atoms with van der Waals surface area (Å²) in [5, 5.41) is 14.5. The van der Waals surface area contributed by atoms with Gasteiger partial charge < -0.3 is 15.7 Å². The van der Waals surface area contributed by atoms with Crippen molar-refractivity contribution in [2.75, 3.05) is 24.8 Å². The molecule has 5 nitrogen and oxygen atoms in total. The van der Waals surface area contributed by atoms with Crippen molar-refractivity contribution < 1.29 is 14.7 Å². The fraction of sp³-hybridized carbons (Fsp3) is 0.846. The largest absolute Gasteiger partial charge is 0.480 e. The minimum absolute atomic E-state index is 0.134. The van der Waals surface area contributed by atoms with Gasteiger partial charge in [0.1, 0.15) is 6.04 Å². The number of carbonyl (C=O) groups is 2. The predicted octanol–water partition coefficient (Wildman–Crippen LogP) is 2.17. The van der Waals surface area contributed by atoms with Crippen molar-refractivity contribution in [3.05, 3.63) is 0 Å². The molecule has 0 aromatic carbocycles. The average molecular weight is 320 g/mol. The smallest absolute Gasteiger partial charge is 0.326 e. The molecule has 0 spiro atoms. The van der Waals surface area contributed by atoms with Crippen molar-refractivity contribution in [1.82, 2.24) is 10.6 Å². The lowest BCUT2D eigenvalue weighted by Crippen LogP contribution is -2.49. The summed E-state index contributed by atoms with van der Waals surface area (Å²) in [7, 11) is 0. The number of nitrogens with one attached hydrogen (secondary N) is 2. The molecular weight excluding hydrogens is 296 g/mol. The van der Waals surface area contributed by atoms with Crippen LogP contribution in [0.15, 0.2) is 0 Å². The highest BCUT2D eigenvalue weighted by atomic mass is 32.2. The zero-order valence-corrected chi connectivity index (χ0v) is 13.7. The van der Waals surface area contributed by atoms with Crippen LogP contribution in [0.1, 0.15) is 32.1 Å². The Labute approximate surface area is 129 Å².